The Kier molecular flexibility index (Phi) is 9.94. The Morgan fingerprint density at radius 3 is 2.53 bits per heavy atom. The first-order valence-corrected chi connectivity index (χ1v) is 4.92. The molecule has 0 saturated carbocycles. The van der Waals surface area contributed by atoms with E-state index in [0.717, 1.165) is 12.1 Å². The molecule has 0 aromatic carbocycles. The van der Waals surface area contributed by atoms with E-state index in [1.165, 1.54) is 6.20 Å². The molecule has 0 aliphatic carbocycles. The number of amides is 1. The van der Waals surface area contributed by atoms with Crippen molar-refractivity contribution in [3.63, 3.8) is 0 Å². The summed E-state index contributed by atoms with van der Waals surface area (Å²) in [7, 11) is 0. The van der Waals surface area contributed by atoms with E-state index in [4.69, 9.17) is 5.73 Å². The van der Waals surface area contributed by atoms with Crippen LogP contribution in [0, 0.1) is 6.92 Å². The zero-order chi connectivity index (χ0) is 11.3. The Balaban J connectivity index is 0. The molecule has 0 fully saturated rings. The molecule has 3 N–H and O–H groups in total. The van der Waals surface area contributed by atoms with Crippen molar-refractivity contribution in [2.24, 2.45) is 5.73 Å². The van der Waals surface area contributed by atoms with Crippen molar-refractivity contribution in [2.45, 2.75) is 26.3 Å². The maximum atomic E-state index is 11.5. The molecule has 0 bridgehead atoms. The van der Waals surface area contributed by atoms with Crippen LogP contribution >= 0.6 is 24.8 Å². The van der Waals surface area contributed by atoms with Crippen LogP contribution in [0.1, 0.15) is 29.5 Å². The normalized spacial score (nSPS) is 10.8. The number of aryl methyl sites for hydroxylation is 1. The van der Waals surface area contributed by atoms with E-state index >= 15 is 0 Å². The van der Waals surface area contributed by atoms with Crippen LogP contribution in [0.2, 0.25) is 0 Å². The first-order valence-electron chi connectivity index (χ1n) is 4.92. The predicted molar refractivity (Wildman–Crippen MR) is 71.9 cm³/mol. The first kappa shape index (κ1) is 18.5. The second-order valence-corrected chi connectivity index (χ2v) is 3.56. The Labute approximate surface area is 113 Å². The van der Waals surface area contributed by atoms with Gasteiger partial charge in [-0.2, -0.15) is 0 Å². The van der Waals surface area contributed by atoms with Crippen LogP contribution in [0.25, 0.3) is 0 Å². The fourth-order valence-corrected chi connectivity index (χ4v) is 1.01. The first-order chi connectivity index (χ1) is 7.09. The van der Waals surface area contributed by atoms with Gasteiger partial charge in [-0.1, -0.05) is 0 Å². The molecule has 1 aromatic heterocycles. The third-order valence-electron chi connectivity index (χ3n) is 1.90. The second kappa shape index (κ2) is 9.15. The fraction of sp³-hybridized carbons (Fsp3) is 0.500. The number of rotatable bonds is 4. The molecule has 1 atom stereocenters. The largest absolute Gasteiger partial charge is 0.351 e. The van der Waals surface area contributed by atoms with Gasteiger partial charge in [-0.3, -0.25) is 9.78 Å². The monoisotopic (exact) mass is 280 g/mol. The number of carbonyl (C=O) groups is 1. The minimum Gasteiger partial charge on any atom is -0.351 e. The lowest BCUT2D eigenvalue weighted by atomic mass is 10.2. The molecule has 1 amide bonds. The van der Waals surface area contributed by atoms with Crippen LogP contribution < -0.4 is 11.1 Å². The SMILES string of the molecule is Cc1cnc(C(=O)NCCC(C)N)cn1.Cl.Cl. The van der Waals surface area contributed by atoms with Gasteiger partial charge in [-0.25, -0.2) is 4.98 Å². The molecule has 1 unspecified atom stereocenters. The smallest absolute Gasteiger partial charge is 0.271 e. The number of nitrogens with one attached hydrogen (secondary N) is 1. The van der Waals surface area contributed by atoms with Crippen molar-refractivity contribution < 1.29 is 4.79 Å². The van der Waals surface area contributed by atoms with Gasteiger partial charge < -0.3 is 11.1 Å². The van der Waals surface area contributed by atoms with Gasteiger partial charge in [0.05, 0.1) is 11.9 Å². The molecule has 17 heavy (non-hydrogen) atoms. The minimum atomic E-state index is -0.205. The summed E-state index contributed by atoms with van der Waals surface area (Å²) in [6.45, 7) is 4.29. The molecule has 98 valence electrons. The summed E-state index contributed by atoms with van der Waals surface area (Å²) in [6, 6.07) is 0.0920. The molecule has 0 spiro atoms. The highest BCUT2D eigenvalue weighted by atomic mass is 35.5. The van der Waals surface area contributed by atoms with Gasteiger partial charge in [0.2, 0.25) is 0 Å². The van der Waals surface area contributed by atoms with E-state index in [1.54, 1.807) is 6.20 Å². The molecule has 1 rings (SSSR count). The van der Waals surface area contributed by atoms with Crippen LogP contribution in [0.4, 0.5) is 0 Å². The van der Waals surface area contributed by atoms with Crippen LogP contribution in [-0.2, 0) is 0 Å². The standard InChI is InChI=1S/C10H16N4O.2ClH/c1-7(11)3-4-12-10(15)9-6-13-8(2)5-14-9;;/h5-7H,3-4,11H2,1-2H3,(H,12,15);2*1H. The Bertz CT molecular complexity index is 330. The number of carbonyl (C=O) groups excluding carboxylic acids is 1. The number of halogens is 2. The van der Waals surface area contributed by atoms with Crippen molar-refractivity contribution in [1.29, 1.82) is 0 Å². The highest BCUT2D eigenvalue weighted by Crippen LogP contribution is 1.94. The van der Waals surface area contributed by atoms with Crippen LogP contribution in [0.15, 0.2) is 12.4 Å². The Morgan fingerprint density at radius 2 is 2.06 bits per heavy atom. The number of nitrogens with two attached hydrogens (primary N) is 1. The van der Waals surface area contributed by atoms with Gasteiger partial charge in [0, 0.05) is 18.8 Å². The molecule has 1 aromatic rings. The van der Waals surface area contributed by atoms with E-state index < -0.39 is 0 Å². The van der Waals surface area contributed by atoms with Crippen LogP contribution in [-0.4, -0.2) is 28.5 Å². The highest BCUT2D eigenvalue weighted by molar-refractivity contribution is 5.91. The topological polar surface area (TPSA) is 80.9 Å². The summed E-state index contributed by atoms with van der Waals surface area (Å²) in [5.41, 5.74) is 6.69. The molecular weight excluding hydrogens is 263 g/mol. The molecule has 5 nitrogen and oxygen atoms in total. The average molecular weight is 281 g/mol. The van der Waals surface area contributed by atoms with Gasteiger partial charge >= 0.3 is 0 Å². The summed E-state index contributed by atoms with van der Waals surface area (Å²) in [6.07, 6.45) is 3.79. The molecule has 1 heterocycles. The van der Waals surface area contributed by atoms with Crippen molar-refractivity contribution >= 4 is 30.7 Å². The summed E-state index contributed by atoms with van der Waals surface area (Å²) in [5, 5.41) is 2.73. The van der Waals surface area contributed by atoms with Crippen molar-refractivity contribution in [1.82, 2.24) is 15.3 Å². The van der Waals surface area contributed by atoms with Crippen molar-refractivity contribution in [3.8, 4) is 0 Å². The molecule has 0 saturated heterocycles. The van der Waals surface area contributed by atoms with E-state index in [9.17, 15) is 4.79 Å². The van der Waals surface area contributed by atoms with Gasteiger partial charge in [-0.15, -0.1) is 24.8 Å². The zero-order valence-corrected chi connectivity index (χ0v) is 11.5. The van der Waals surface area contributed by atoms with Crippen LogP contribution in [0.5, 0.6) is 0 Å². The summed E-state index contributed by atoms with van der Waals surface area (Å²) < 4.78 is 0. The highest BCUT2D eigenvalue weighted by Gasteiger charge is 2.06. The molecule has 0 aliphatic heterocycles. The molecular formula is C10H18Cl2N4O. The maximum absolute atomic E-state index is 11.5. The number of aromatic nitrogens is 2. The summed E-state index contributed by atoms with van der Waals surface area (Å²) in [4.78, 5) is 19.4. The van der Waals surface area contributed by atoms with Gasteiger partial charge in [0.15, 0.2) is 0 Å². The van der Waals surface area contributed by atoms with Gasteiger partial charge in [0.1, 0.15) is 5.69 Å². The lowest BCUT2D eigenvalue weighted by Gasteiger charge is -2.06. The Morgan fingerprint density at radius 1 is 1.41 bits per heavy atom. The number of nitrogens with zero attached hydrogens (tertiary/aromatic N) is 2. The zero-order valence-electron chi connectivity index (χ0n) is 9.84. The third kappa shape index (κ3) is 7.10. The van der Waals surface area contributed by atoms with Gasteiger partial charge in [-0.05, 0) is 20.3 Å². The average Bonchev–Trinajstić information content (AvgIpc) is 2.18. The fourth-order valence-electron chi connectivity index (χ4n) is 1.01. The summed E-state index contributed by atoms with van der Waals surface area (Å²) >= 11 is 0. The van der Waals surface area contributed by atoms with E-state index in [-0.39, 0.29) is 36.8 Å². The number of hydrogen-bond donors (Lipinski definition) is 2. The Hall–Kier alpha value is -0.910. The lowest BCUT2D eigenvalue weighted by molar-refractivity contribution is 0.0947. The molecule has 7 heteroatoms. The van der Waals surface area contributed by atoms with E-state index in [1.807, 2.05) is 13.8 Å². The maximum Gasteiger partial charge on any atom is 0.271 e. The minimum absolute atomic E-state index is 0. The quantitative estimate of drug-likeness (QED) is 0.865. The summed E-state index contributed by atoms with van der Waals surface area (Å²) in [5.74, 6) is -0.205. The van der Waals surface area contributed by atoms with Crippen molar-refractivity contribution in [2.75, 3.05) is 6.54 Å². The van der Waals surface area contributed by atoms with Crippen LogP contribution in [0.3, 0.4) is 0 Å². The van der Waals surface area contributed by atoms with E-state index in [0.29, 0.717) is 12.2 Å². The molecule has 0 radical (unpaired) electrons. The van der Waals surface area contributed by atoms with E-state index in [2.05, 4.69) is 15.3 Å². The second-order valence-electron chi connectivity index (χ2n) is 3.56. The lowest BCUT2D eigenvalue weighted by Crippen LogP contribution is -2.29. The van der Waals surface area contributed by atoms with Gasteiger partial charge in [0.25, 0.3) is 5.91 Å². The predicted octanol–water partition coefficient (Wildman–Crippen LogP) is 1.10. The number of hydrogen-bond acceptors (Lipinski definition) is 4. The third-order valence-corrected chi connectivity index (χ3v) is 1.90. The van der Waals surface area contributed by atoms with Crippen molar-refractivity contribution in [3.05, 3.63) is 23.8 Å². The molecule has 0 aliphatic rings.